The number of nitrogens with zero attached hydrogens (tertiary/aromatic N) is 1. The summed E-state index contributed by atoms with van der Waals surface area (Å²) in [5.41, 5.74) is 2.88. The minimum atomic E-state index is -3.72. The van der Waals surface area contributed by atoms with E-state index in [1.165, 1.54) is 16.4 Å². The molecule has 1 N–H and O–H groups in total. The highest BCUT2D eigenvalue weighted by atomic mass is 35.5. The minimum absolute atomic E-state index is 0.0137. The second-order valence-electron chi connectivity index (χ2n) is 6.83. The highest BCUT2D eigenvalue weighted by molar-refractivity contribution is 7.89. The quantitative estimate of drug-likeness (QED) is 0.819. The van der Waals surface area contributed by atoms with E-state index < -0.39 is 10.0 Å². The predicted octanol–water partition coefficient (Wildman–Crippen LogP) is 4.38. The number of rotatable bonds is 4. The third kappa shape index (κ3) is 4.18. The van der Waals surface area contributed by atoms with E-state index >= 15 is 0 Å². The average molecular weight is 407 g/mol. The first-order chi connectivity index (χ1) is 12.8. The zero-order valence-corrected chi connectivity index (χ0v) is 17.0. The molecule has 2 aromatic rings. The van der Waals surface area contributed by atoms with E-state index in [0.717, 1.165) is 36.1 Å². The summed E-state index contributed by atoms with van der Waals surface area (Å²) in [6.07, 6.45) is 2.70. The molecule has 0 radical (unpaired) electrons. The van der Waals surface area contributed by atoms with Crippen molar-refractivity contribution in [3.05, 3.63) is 58.1 Å². The van der Waals surface area contributed by atoms with Gasteiger partial charge in [-0.25, -0.2) is 8.42 Å². The summed E-state index contributed by atoms with van der Waals surface area (Å²) >= 11 is 6.18. The Kier molecular flexibility index (Phi) is 5.89. The van der Waals surface area contributed by atoms with E-state index in [1.54, 1.807) is 6.07 Å². The smallest absolute Gasteiger partial charge is 0.255 e. The highest BCUT2D eigenvalue weighted by Crippen LogP contribution is 2.28. The fourth-order valence-corrected chi connectivity index (χ4v) is 5.30. The van der Waals surface area contributed by atoms with E-state index in [9.17, 15) is 13.2 Å². The summed E-state index contributed by atoms with van der Waals surface area (Å²) < 4.78 is 27.4. The van der Waals surface area contributed by atoms with Gasteiger partial charge in [0.05, 0.1) is 5.02 Å². The molecule has 1 aliphatic rings. The normalized spacial score (nSPS) is 15.5. The van der Waals surface area contributed by atoms with Gasteiger partial charge in [-0.1, -0.05) is 36.2 Å². The monoisotopic (exact) mass is 406 g/mol. The van der Waals surface area contributed by atoms with Gasteiger partial charge in [0.15, 0.2) is 0 Å². The van der Waals surface area contributed by atoms with E-state index in [2.05, 4.69) is 5.32 Å². The number of para-hydroxylation sites is 1. The fourth-order valence-electron chi connectivity index (χ4n) is 3.28. The lowest BCUT2D eigenvalue weighted by Crippen LogP contribution is -2.35. The Morgan fingerprint density at radius 3 is 2.30 bits per heavy atom. The van der Waals surface area contributed by atoms with Gasteiger partial charge in [-0.3, -0.25) is 4.79 Å². The number of carbonyl (C=O) groups excluding carboxylic acids is 1. The van der Waals surface area contributed by atoms with Gasteiger partial charge >= 0.3 is 0 Å². The summed E-state index contributed by atoms with van der Waals surface area (Å²) in [6, 6.07) is 10.1. The maximum Gasteiger partial charge on any atom is 0.255 e. The van der Waals surface area contributed by atoms with Crippen LogP contribution in [-0.4, -0.2) is 31.7 Å². The Morgan fingerprint density at radius 2 is 1.67 bits per heavy atom. The minimum Gasteiger partial charge on any atom is -0.322 e. The lowest BCUT2D eigenvalue weighted by atomic mass is 10.1. The molecule has 5 nitrogen and oxygen atoms in total. The molecule has 0 atom stereocenters. The number of halogens is 1. The van der Waals surface area contributed by atoms with Gasteiger partial charge < -0.3 is 5.32 Å². The molecular formula is C20H23ClN2O3S. The number of benzene rings is 2. The lowest BCUT2D eigenvalue weighted by Gasteiger charge is -2.26. The van der Waals surface area contributed by atoms with Crippen molar-refractivity contribution in [1.82, 2.24) is 4.31 Å². The summed E-state index contributed by atoms with van der Waals surface area (Å²) in [5, 5.41) is 3.01. The second kappa shape index (κ2) is 8.00. The van der Waals surface area contributed by atoms with Crippen molar-refractivity contribution in [2.45, 2.75) is 38.0 Å². The molecule has 1 fully saturated rings. The first kappa shape index (κ1) is 19.9. The lowest BCUT2D eigenvalue weighted by molar-refractivity contribution is 0.102. The zero-order valence-electron chi connectivity index (χ0n) is 15.5. The van der Waals surface area contributed by atoms with Crippen molar-refractivity contribution in [2.75, 3.05) is 18.4 Å². The van der Waals surface area contributed by atoms with Gasteiger partial charge in [0, 0.05) is 24.3 Å². The third-order valence-corrected chi connectivity index (χ3v) is 7.23. The van der Waals surface area contributed by atoms with Crippen LogP contribution in [0.3, 0.4) is 0 Å². The number of hydrogen-bond donors (Lipinski definition) is 1. The van der Waals surface area contributed by atoms with Crippen molar-refractivity contribution in [3.63, 3.8) is 0 Å². The third-order valence-electron chi connectivity index (χ3n) is 4.85. The van der Waals surface area contributed by atoms with Crippen LogP contribution in [0, 0.1) is 13.8 Å². The van der Waals surface area contributed by atoms with Crippen molar-refractivity contribution in [3.8, 4) is 0 Å². The standard InChI is InChI=1S/C20H23ClN2O3S/c1-14-7-6-8-15(2)19(14)22-20(24)16-9-10-17(21)18(13-16)27(25,26)23-11-4-3-5-12-23/h6-10,13H,3-5,11-12H2,1-2H3,(H,22,24). The Labute approximate surface area is 165 Å². The van der Waals surface area contributed by atoms with Gasteiger partial charge in [0.1, 0.15) is 4.90 Å². The molecule has 1 saturated heterocycles. The first-order valence-corrected chi connectivity index (χ1v) is 10.8. The average Bonchev–Trinajstić information content (AvgIpc) is 2.65. The molecular weight excluding hydrogens is 384 g/mol. The van der Waals surface area contributed by atoms with E-state index in [1.807, 2.05) is 32.0 Å². The molecule has 0 aromatic heterocycles. The molecule has 1 heterocycles. The zero-order chi connectivity index (χ0) is 19.6. The van der Waals surface area contributed by atoms with Gasteiger partial charge in [0.2, 0.25) is 10.0 Å². The Bertz CT molecular complexity index is 947. The van der Waals surface area contributed by atoms with Crippen molar-refractivity contribution >= 4 is 33.2 Å². The van der Waals surface area contributed by atoms with E-state index in [4.69, 9.17) is 11.6 Å². The number of sulfonamides is 1. The molecule has 3 rings (SSSR count). The van der Waals surface area contributed by atoms with E-state index in [0.29, 0.717) is 13.1 Å². The van der Waals surface area contributed by atoms with Crippen LogP contribution in [0.25, 0.3) is 0 Å². The van der Waals surface area contributed by atoms with Crippen LogP contribution < -0.4 is 5.32 Å². The number of hydrogen-bond acceptors (Lipinski definition) is 3. The molecule has 0 spiro atoms. The van der Waals surface area contributed by atoms with Gasteiger partial charge in [0.25, 0.3) is 5.91 Å². The van der Waals surface area contributed by atoms with E-state index in [-0.39, 0.29) is 21.4 Å². The summed E-state index contributed by atoms with van der Waals surface area (Å²) in [4.78, 5) is 12.7. The topological polar surface area (TPSA) is 66.5 Å². The Morgan fingerprint density at radius 1 is 1.04 bits per heavy atom. The SMILES string of the molecule is Cc1cccc(C)c1NC(=O)c1ccc(Cl)c(S(=O)(=O)N2CCCCC2)c1. The number of nitrogens with one attached hydrogen (secondary N) is 1. The molecule has 0 unspecified atom stereocenters. The Balaban J connectivity index is 1.92. The molecule has 7 heteroatoms. The summed E-state index contributed by atoms with van der Waals surface area (Å²) in [7, 11) is -3.72. The van der Waals surface area contributed by atoms with Gasteiger partial charge in [-0.15, -0.1) is 0 Å². The van der Waals surface area contributed by atoms with Crippen molar-refractivity contribution in [1.29, 1.82) is 0 Å². The van der Waals surface area contributed by atoms with Gasteiger partial charge in [-0.2, -0.15) is 4.31 Å². The first-order valence-electron chi connectivity index (χ1n) is 8.98. The number of piperidine rings is 1. The molecule has 1 aliphatic heterocycles. The molecule has 1 amide bonds. The van der Waals surface area contributed by atoms with Gasteiger partial charge in [-0.05, 0) is 56.0 Å². The molecule has 144 valence electrons. The maximum absolute atomic E-state index is 13.0. The van der Waals surface area contributed by atoms with Crippen molar-refractivity contribution < 1.29 is 13.2 Å². The number of anilines is 1. The molecule has 2 aromatic carbocycles. The predicted molar refractivity (Wildman–Crippen MR) is 108 cm³/mol. The number of carbonyl (C=O) groups is 1. The van der Waals surface area contributed by atoms with Crippen LogP contribution in [0.15, 0.2) is 41.3 Å². The Hall–Kier alpha value is -1.89. The summed E-state index contributed by atoms with van der Waals surface area (Å²) in [6.45, 7) is 4.79. The second-order valence-corrected chi connectivity index (χ2v) is 9.14. The molecule has 27 heavy (non-hydrogen) atoms. The van der Waals surface area contributed by atoms with Crippen LogP contribution >= 0.6 is 11.6 Å². The van der Waals surface area contributed by atoms with Crippen LogP contribution in [0.5, 0.6) is 0 Å². The van der Waals surface area contributed by atoms with Crippen LogP contribution in [0.2, 0.25) is 5.02 Å². The van der Waals surface area contributed by atoms with Crippen LogP contribution in [0.1, 0.15) is 40.7 Å². The summed E-state index contributed by atoms with van der Waals surface area (Å²) in [5.74, 6) is -0.362. The van der Waals surface area contributed by atoms with Crippen molar-refractivity contribution in [2.24, 2.45) is 0 Å². The maximum atomic E-state index is 13.0. The fraction of sp³-hybridized carbons (Fsp3) is 0.350. The number of aryl methyl sites for hydroxylation is 2. The number of amides is 1. The molecule has 0 saturated carbocycles. The highest BCUT2D eigenvalue weighted by Gasteiger charge is 2.28. The molecule has 0 aliphatic carbocycles. The molecule has 0 bridgehead atoms. The largest absolute Gasteiger partial charge is 0.322 e. The van der Waals surface area contributed by atoms with Crippen LogP contribution in [0.4, 0.5) is 5.69 Å². The van der Waals surface area contributed by atoms with Crippen LogP contribution in [-0.2, 0) is 10.0 Å².